The van der Waals surface area contributed by atoms with Crippen LogP contribution in [0.1, 0.15) is 63.1 Å². The Morgan fingerprint density at radius 3 is 2.53 bits per heavy atom. The standard InChI is InChI=1S/C39H38F4N8O6/c1-50-20-22-6-4-8-30(33(22)37(50)55)57-36-26(39(41,42)43)18-44-38(49-36)47-29-17-27(40)25(16-31(29)56-2)34(53)46-23-11-13-51(14-12-23)19-21-5-3-7-24(15-21)45-28-9-10-32(52)48-35(28)54/h3-8,15-18,23,28,45H,9-14,19-20H2,1-2H3,(H,46,53)(H,44,47,49)(H,48,52,54). The largest absolute Gasteiger partial charge is 0.495 e. The molecule has 2 fully saturated rings. The van der Waals surface area contributed by atoms with Crippen molar-refractivity contribution in [1.82, 2.24) is 30.4 Å². The Labute approximate surface area is 323 Å². The Morgan fingerprint density at radius 1 is 1.02 bits per heavy atom. The SMILES string of the molecule is COc1cc(C(=O)NC2CCN(Cc3cccc(NC4CCC(=O)NC4=O)c3)CC2)c(F)cc1Nc1ncc(C(F)(F)F)c(Oc2cccc3c2C(=O)N(C)C3)n1. The number of methoxy groups -OCH3 is 1. The lowest BCUT2D eigenvalue weighted by atomic mass is 10.0. The maximum Gasteiger partial charge on any atom is 0.423 e. The first-order valence-corrected chi connectivity index (χ1v) is 18.1. The van der Waals surface area contributed by atoms with Crippen LogP contribution in [0.15, 0.2) is 60.8 Å². The van der Waals surface area contributed by atoms with Gasteiger partial charge >= 0.3 is 6.18 Å². The molecule has 57 heavy (non-hydrogen) atoms. The molecule has 0 aliphatic carbocycles. The molecule has 0 bridgehead atoms. The zero-order valence-corrected chi connectivity index (χ0v) is 30.8. The molecule has 7 rings (SSSR count). The molecule has 298 valence electrons. The number of hydrogen-bond acceptors (Lipinski definition) is 11. The quantitative estimate of drug-likeness (QED) is 0.114. The number of rotatable bonds is 11. The number of piperidine rings is 2. The highest BCUT2D eigenvalue weighted by Crippen LogP contribution is 2.40. The minimum Gasteiger partial charge on any atom is -0.495 e. The van der Waals surface area contributed by atoms with E-state index in [1.54, 1.807) is 19.2 Å². The van der Waals surface area contributed by atoms with E-state index in [4.69, 9.17) is 9.47 Å². The smallest absolute Gasteiger partial charge is 0.423 e. The summed E-state index contributed by atoms with van der Waals surface area (Å²) < 4.78 is 68.5. The summed E-state index contributed by atoms with van der Waals surface area (Å²) in [4.78, 5) is 61.0. The van der Waals surface area contributed by atoms with Gasteiger partial charge in [-0.15, -0.1) is 0 Å². The van der Waals surface area contributed by atoms with Crippen LogP contribution in [0, 0.1) is 5.82 Å². The summed E-state index contributed by atoms with van der Waals surface area (Å²) in [6, 6.07) is 13.7. The van der Waals surface area contributed by atoms with Crippen molar-refractivity contribution in [1.29, 1.82) is 0 Å². The Balaban J connectivity index is 0.984. The first-order chi connectivity index (χ1) is 27.2. The summed E-state index contributed by atoms with van der Waals surface area (Å²) in [5.41, 5.74) is 0.821. The average molecular weight is 791 g/mol. The topological polar surface area (TPSA) is 167 Å². The van der Waals surface area contributed by atoms with E-state index in [2.05, 4.69) is 36.1 Å². The van der Waals surface area contributed by atoms with Gasteiger partial charge in [0.05, 0.1) is 23.9 Å². The van der Waals surface area contributed by atoms with E-state index in [0.29, 0.717) is 50.7 Å². The molecule has 1 aromatic heterocycles. The molecule has 1 unspecified atom stereocenters. The summed E-state index contributed by atoms with van der Waals surface area (Å²) in [6.45, 7) is 2.21. The number of carbonyl (C=O) groups excluding carboxylic acids is 4. The van der Waals surface area contributed by atoms with E-state index in [1.165, 1.54) is 24.1 Å². The molecular formula is C39H38F4N8O6. The van der Waals surface area contributed by atoms with Crippen LogP contribution in [-0.2, 0) is 28.9 Å². The number of carbonyl (C=O) groups is 4. The van der Waals surface area contributed by atoms with Crippen LogP contribution >= 0.6 is 0 Å². The van der Waals surface area contributed by atoms with E-state index < -0.39 is 47.2 Å². The van der Waals surface area contributed by atoms with Crippen molar-refractivity contribution >= 4 is 41.0 Å². The molecule has 3 aliphatic rings. The van der Waals surface area contributed by atoms with Gasteiger partial charge in [0.1, 0.15) is 28.9 Å². The zero-order chi connectivity index (χ0) is 40.4. The summed E-state index contributed by atoms with van der Waals surface area (Å²) in [7, 11) is 2.84. The molecule has 0 radical (unpaired) electrons. The van der Waals surface area contributed by atoms with Crippen molar-refractivity contribution in [2.45, 2.75) is 57.0 Å². The highest BCUT2D eigenvalue weighted by atomic mass is 19.4. The van der Waals surface area contributed by atoms with Gasteiger partial charge in [-0.1, -0.05) is 24.3 Å². The zero-order valence-electron chi connectivity index (χ0n) is 30.8. The van der Waals surface area contributed by atoms with Crippen molar-refractivity contribution in [2.75, 3.05) is 37.9 Å². The van der Waals surface area contributed by atoms with Crippen LogP contribution in [0.25, 0.3) is 0 Å². The van der Waals surface area contributed by atoms with Crippen LogP contribution in [0.2, 0.25) is 0 Å². The summed E-state index contributed by atoms with van der Waals surface area (Å²) in [5, 5.41) is 11.1. The fourth-order valence-corrected chi connectivity index (χ4v) is 7.02. The lowest BCUT2D eigenvalue weighted by Gasteiger charge is -2.32. The van der Waals surface area contributed by atoms with E-state index in [-0.39, 0.29) is 59.1 Å². The van der Waals surface area contributed by atoms with E-state index in [9.17, 15) is 32.3 Å². The number of imide groups is 1. The van der Waals surface area contributed by atoms with Crippen molar-refractivity contribution in [3.05, 3.63) is 94.4 Å². The Morgan fingerprint density at radius 2 is 1.79 bits per heavy atom. The molecule has 3 aliphatic heterocycles. The van der Waals surface area contributed by atoms with E-state index in [1.807, 2.05) is 24.3 Å². The van der Waals surface area contributed by atoms with Crippen LogP contribution < -0.4 is 30.7 Å². The van der Waals surface area contributed by atoms with Gasteiger partial charge in [0, 0.05) is 63.6 Å². The summed E-state index contributed by atoms with van der Waals surface area (Å²) in [5.74, 6) is -4.04. The molecule has 18 heteroatoms. The van der Waals surface area contributed by atoms with Gasteiger partial charge in [-0.3, -0.25) is 29.4 Å². The number of fused-ring (bicyclic) bond motifs is 1. The summed E-state index contributed by atoms with van der Waals surface area (Å²) >= 11 is 0. The number of likely N-dealkylation sites (tertiary alicyclic amines) is 1. The first kappa shape index (κ1) is 39.0. The molecule has 2 saturated heterocycles. The number of ether oxygens (including phenoxy) is 2. The van der Waals surface area contributed by atoms with Gasteiger partial charge in [0.15, 0.2) is 0 Å². The summed E-state index contributed by atoms with van der Waals surface area (Å²) in [6.07, 6.45) is -2.50. The van der Waals surface area contributed by atoms with Gasteiger partial charge < -0.3 is 30.3 Å². The normalized spacial score (nSPS) is 17.5. The first-order valence-electron chi connectivity index (χ1n) is 18.1. The second-order valence-electron chi connectivity index (χ2n) is 14.0. The molecule has 3 aromatic carbocycles. The Kier molecular flexibility index (Phi) is 11.0. The number of aromatic nitrogens is 2. The number of nitrogens with one attached hydrogen (secondary N) is 4. The fourth-order valence-electron chi connectivity index (χ4n) is 7.02. The molecule has 1 atom stereocenters. The van der Waals surface area contributed by atoms with Gasteiger partial charge in [0.2, 0.25) is 23.6 Å². The molecule has 0 spiro atoms. The number of nitrogens with zero attached hydrogens (tertiary/aromatic N) is 4. The number of halogens is 4. The van der Waals surface area contributed by atoms with Gasteiger partial charge in [-0.25, -0.2) is 9.37 Å². The molecule has 0 saturated carbocycles. The fraction of sp³-hybridized carbons (Fsp3) is 0.333. The van der Waals surface area contributed by atoms with Crippen LogP contribution in [-0.4, -0.2) is 82.7 Å². The number of alkyl halides is 3. The second-order valence-corrected chi connectivity index (χ2v) is 14.0. The van der Waals surface area contributed by atoms with E-state index >= 15 is 4.39 Å². The molecule has 4 N–H and O–H groups in total. The van der Waals surface area contributed by atoms with Gasteiger partial charge in [0.25, 0.3) is 11.8 Å². The maximum atomic E-state index is 15.5. The predicted octanol–water partition coefficient (Wildman–Crippen LogP) is 5.38. The van der Waals surface area contributed by atoms with Crippen LogP contribution in [0.4, 0.5) is 34.9 Å². The van der Waals surface area contributed by atoms with Crippen molar-refractivity contribution in [3.8, 4) is 17.4 Å². The van der Waals surface area contributed by atoms with Crippen LogP contribution in [0.3, 0.4) is 0 Å². The van der Waals surface area contributed by atoms with Crippen LogP contribution in [0.5, 0.6) is 17.4 Å². The third-order valence-corrected chi connectivity index (χ3v) is 9.96. The lowest BCUT2D eigenvalue weighted by molar-refractivity contribution is -0.139. The Hall–Kier alpha value is -6.30. The molecule has 4 amide bonds. The molecular weight excluding hydrogens is 752 g/mol. The lowest BCUT2D eigenvalue weighted by Crippen LogP contribution is -2.47. The number of anilines is 3. The van der Waals surface area contributed by atoms with Crippen molar-refractivity contribution in [3.63, 3.8) is 0 Å². The minimum absolute atomic E-state index is 0.00817. The van der Waals surface area contributed by atoms with Crippen molar-refractivity contribution in [2.24, 2.45) is 0 Å². The second kappa shape index (κ2) is 16.0. The van der Waals surface area contributed by atoms with Crippen molar-refractivity contribution < 1.29 is 46.2 Å². The number of hydrogen-bond donors (Lipinski definition) is 4. The molecule has 4 aromatic rings. The van der Waals surface area contributed by atoms with E-state index in [0.717, 1.165) is 17.3 Å². The highest BCUT2D eigenvalue weighted by Gasteiger charge is 2.38. The number of amides is 4. The third kappa shape index (κ3) is 8.75. The third-order valence-electron chi connectivity index (χ3n) is 9.96. The Bertz CT molecular complexity index is 2230. The minimum atomic E-state index is -4.91. The molecule has 14 nitrogen and oxygen atoms in total. The monoisotopic (exact) mass is 790 g/mol. The predicted molar refractivity (Wildman–Crippen MR) is 198 cm³/mol. The number of benzene rings is 3. The van der Waals surface area contributed by atoms with Gasteiger partial charge in [-0.05, 0) is 54.7 Å². The van der Waals surface area contributed by atoms with Gasteiger partial charge in [-0.2, -0.15) is 18.2 Å². The maximum absolute atomic E-state index is 15.5. The average Bonchev–Trinajstić information content (AvgIpc) is 3.46. The highest BCUT2D eigenvalue weighted by molar-refractivity contribution is 6.02. The molecule has 4 heterocycles.